The van der Waals surface area contributed by atoms with Crippen LogP contribution in [0.2, 0.25) is 0 Å². The van der Waals surface area contributed by atoms with Crippen molar-refractivity contribution in [1.29, 1.82) is 0 Å². The van der Waals surface area contributed by atoms with Gasteiger partial charge in [0.15, 0.2) is 0 Å². The van der Waals surface area contributed by atoms with Crippen LogP contribution < -0.4 is 5.32 Å². The first-order valence-electron chi connectivity index (χ1n) is 7.65. The zero-order valence-electron chi connectivity index (χ0n) is 12.9. The Labute approximate surface area is 121 Å². The average Bonchev–Trinajstić information content (AvgIpc) is 2.43. The van der Waals surface area contributed by atoms with E-state index >= 15 is 0 Å². The number of carbonyl (C=O) groups excluding carboxylic acids is 1. The number of urea groups is 1. The summed E-state index contributed by atoms with van der Waals surface area (Å²) in [5.41, 5.74) is 0. The van der Waals surface area contributed by atoms with Gasteiger partial charge in [-0.05, 0) is 44.4 Å². The molecule has 0 bridgehead atoms. The second-order valence-corrected chi connectivity index (χ2v) is 6.14. The third kappa shape index (κ3) is 5.39. The molecule has 0 aromatic heterocycles. The van der Waals surface area contributed by atoms with E-state index in [1.165, 1.54) is 12.8 Å². The molecule has 5 nitrogen and oxygen atoms in total. The molecule has 116 valence electrons. The maximum atomic E-state index is 12.0. The first-order valence-corrected chi connectivity index (χ1v) is 7.65. The smallest absolute Gasteiger partial charge is 0.317 e. The lowest BCUT2D eigenvalue weighted by Gasteiger charge is -2.33. The third-order valence-corrected chi connectivity index (χ3v) is 4.37. The highest BCUT2D eigenvalue weighted by Crippen LogP contribution is 2.26. The molecule has 1 unspecified atom stereocenters. The maximum Gasteiger partial charge on any atom is 0.317 e. The molecule has 0 spiro atoms. The summed E-state index contributed by atoms with van der Waals surface area (Å²) in [6.07, 6.45) is 5.86. The molecule has 5 heteroatoms. The number of aliphatic carboxylic acids is 1. The largest absolute Gasteiger partial charge is 0.481 e. The predicted molar refractivity (Wildman–Crippen MR) is 78.6 cm³/mol. The summed E-state index contributed by atoms with van der Waals surface area (Å²) in [5, 5.41) is 11.7. The second-order valence-electron chi connectivity index (χ2n) is 6.14. The standard InChI is InChI=1S/C15H28N2O3/c1-11-6-8-13(9-7-11)17(3)15(20)16-10-4-5-12(2)14(18)19/h11-13H,4-10H2,1-3H3,(H,16,20)(H,18,19). The van der Waals surface area contributed by atoms with Crippen molar-refractivity contribution in [3.8, 4) is 0 Å². The van der Waals surface area contributed by atoms with Crippen LogP contribution in [-0.4, -0.2) is 41.6 Å². The minimum absolute atomic E-state index is 0.0347. The topological polar surface area (TPSA) is 69.6 Å². The van der Waals surface area contributed by atoms with Gasteiger partial charge in [0, 0.05) is 19.6 Å². The Kier molecular flexibility index (Phi) is 6.82. The molecule has 0 aromatic rings. The number of hydrogen-bond acceptors (Lipinski definition) is 2. The number of nitrogens with one attached hydrogen (secondary N) is 1. The van der Waals surface area contributed by atoms with Crippen molar-refractivity contribution in [2.24, 2.45) is 11.8 Å². The van der Waals surface area contributed by atoms with Crippen LogP contribution in [0.3, 0.4) is 0 Å². The van der Waals surface area contributed by atoms with Crippen LogP contribution in [0.4, 0.5) is 4.79 Å². The molecule has 1 rings (SSSR count). The van der Waals surface area contributed by atoms with E-state index in [0.29, 0.717) is 25.4 Å². The molecule has 0 saturated heterocycles. The molecule has 0 aliphatic heterocycles. The van der Waals surface area contributed by atoms with Gasteiger partial charge in [-0.15, -0.1) is 0 Å². The Morgan fingerprint density at radius 3 is 2.45 bits per heavy atom. The highest BCUT2D eigenvalue weighted by molar-refractivity contribution is 5.74. The van der Waals surface area contributed by atoms with Crippen molar-refractivity contribution < 1.29 is 14.7 Å². The van der Waals surface area contributed by atoms with Crippen LogP contribution in [0.15, 0.2) is 0 Å². The summed E-state index contributed by atoms with van der Waals surface area (Å²) in [7, 11) is 1.86. The number of carboxylic acids is 1. The molecule has 1 aliphatic carbocycles. The van der Waals surface area contributed by atoms with Crippen LogP contribution >= 0.6 is 0 Å². The number of nitrogens with zero attached hydrogens (tertiary/aromatic N) is 1. The molecular weight excluding hydrogens is 256 g/mol. The number of carboxylic acid groups (broad SMARTS) is 1. The van der Waals surface area contributed by atoms with Crippen molar-refractivity contribution in [3.63, 3.8) is 0 Å². The molecule has 1 saturated carbocycles. The minimum Gasteiger partial charge on any atom is -0.481 e. The lowest BCUT2D eigenvalue weighted by molar-refractivity contribution is -0.141. The molecule has 0 radical (unpaired) electrons. The van der Waals surface area contributed by atoms with Gasteiger partial charge < -0.3 is 15.3 Å². The van der Waals surface area contributed by atoms with Crippen LogP contribution in [0.25, 0.3) is 0 Å². The third-order valence-electron chi connectivity index (χ3n) is 4.37. The molecule has 1 fully saturated rings. The maximum absolute atomic E-state index is 12.0. The molecule has 1 aliphatic rings. The van der Waals surface area contributed by atoms with Gasteiger partial charge >= 0.3 is 12.0 Å². The van der Waals surface area contributed by atoms with Crippen molar-refractivity contribution >= 4 is 12.0 Å². The summed E-state index contributed by atoms with van der Waals surface area (Å²) in [5.74, 6) is -0.338. The first kappa shape index (κ1) is 16.8. The van der Waals surface area contributed by atoms with Crippen LogP contribution in [0, 0.1) is 11.8 Å². The molecule has 1 atom stereocenters. The van der Waals surface area contributed by atoms with E-state index in [1.54, 1.807) is 6.92 Å². The normalized spacial score (nSPS) is 23.9. The van der Waals surface area contributed by atoms with Gasteiger partial charge in [0.05, 0.1) is 5.92 Å². The fraction of sp³-hybridized carbons (Fsp3) is 0.867. The van der Waals surface area contributed by atoms with Crippen molar-refractivity contribution in [3.05, 3.63) is 0 Å². The lowest BCUT2D eigenvalue weighted by atomic mass is 9.87. The molecule has 2 N–H and O–H groups in total. The van der Waals surface area contributed by atoms with E-state index in [2.05, 4.69) is 12.2 Å². The fourth-order valence-corrected chi connectivity index (χ4v) is 2.65. The van der Waals surface area contributed by atoms with E-state index in [9.17, 15) is 9.59 Å². The van der Waals surface area contributed by atoms with Gasteiger partial charge in [-0.3, -0.25) is 4.79 Å². The Bertz CT molecular complexity index is 325. The SMILES string of the molecule is CC1CCC(N(C)C(=O)NCCCC(C)C(=O)O)CC1. The van der Waals surface area contributed by atoms with E-state index in [1.807, 2.05) is 11.9 Å². The zero-order chi connectivity index (χ0) is 15.1. The van der Waals surface area contributed by atoms with E-state index < -0.39 is 5.97 Å². The van der Waals surface area contributed by atoms with Crippen molar-refractivity contribution in [2.45, 2.75) is 58.4 Å². The number of amides is 2. The summed E-state index contributed by atoms with van der Waals surface area (Å²) >= 11 is 0. The van der Waals surface area contributed by atoms with E-state index in [4.69, 9.17) is 5.11 Å². The quantitative estimate of drug-likeness (QED) is 0.737. The van der Waals surface area contributed by atoms with Crippen LogP contribution in [0.1, 0.15) is 52.4 Å². The second kappa shape index (κ2) is 8.12. The summed E-state index contributed by atoms with van der Waals surface area (Å²) in [6.45, 7) is 4.50. The zero-order valence-corrected chi connectivity index (χ0v) is 12.9. The Morgan fingerprint density at radius 1 is 1.30 bits per heavy atom. The highest BCUT2D eigenvalue weighted by Gasteiger charge is 2.24. The van der Waals surface area contributed by atoms with E-state index in [-0.39, 0.29) is 11.9 Å². The molecule has 0 aromatic carbocycles. The lowest BCUT2D eigenvalue weighted by Crippen LogP contribution is -2.45. The first-order chi connectivity index (χ1) is 9.41. The fourth-order valence-electron chi connectivity index (χ4n) is 2.65. The van der Waals surface area contributed by atoms with Gasteiger partial charge in [-0.1, -0.05) is 13.8 Å². The Morgan fingerprint density at radius 2 is 1.90 bits per heavy atom. The van der Waals surface area contributed by atoms with Crippen LogP contribution in [0.5, 0.6) is 0 Å². The van der Waals surface area contributed by atoms with Gasteiger partial charge in [0.25, 0.3) is 0 Å². The van der Waals surface area contributed by atoms with E-state index in [0.717, 1.165) is 18.8 Å². The predicted octanol–water partition coefficient (Wildman–Crippen LogP) is 2.71. The monoisotopic (exact) mass is 284 g/mol. The van der Waals surface area contributed by atoms with Gasteiger partial charge in [0.1, 0.15) is 0 Å². The number of rotatable bonds is 6. The van der Waals surface area contributed by atoms with Crippen LogP contribution in [-0.2, 0) is 4.79 Å². The summed E-state index contributed by atoms with van der Waals surface area (Å²) < 4.78 is 0. The Balaban J connectivity index is 2.20. The average molecular weight is 284 g/mol. The summed E-state index contributed by atoms with van der Waals surface area (Å²) in [4.78, 5) is 24.5. The minimum atomic E-state index is -0.773. The van der Waals surface area contributed by atoms with Crippen molar-refractivity contribution in [2.75, 3.05) is 13.6 Å². The molecule has 20 heavy (non-hydrogen) atoms. The summed E-state index contributed by atoms with van der Waals surface area (Å²) in [6, 6.07) is 0.316. The highest BCUT2D eigenvalue weighted by atomic mass is 16.4. The van der Waals surface area contributed by atoms with Crippen molar-refractivity contribution in [1.82, 2.24) is 10.2 Å². The molecule has 0 heterocycles. The van der Waals surface area contributed by atoms with Gasteiger partial charge in [-0.25, -0.2) is 4.79 Å². The molecule has 2 amide bonds. The Hall–Kier alpha value is -1.26. The number of hydrogen-bond donors (Lipinski definition) is 2. The van der Waals surface area contributed by atoms with Gasteiger partial charge in [0.2, 0.25) is 0 Å². The molecular formula is C15H28N2O3. The number of carbonyl (C=O) groups is 2. The van der Waals surface area contributed by atoms with Gasteiger partial charge in [-0.2, -0.15) is 0 Å².